The molecule has 3 aromatic rings. The van der Waals surface area contributed by atoms with Gasteiger partial charge in [0.05, 0.1) is 35.0 Å². The summed E-state index contributed by atoms with van der Waals surface area (Å²) in [6.45, 7) is 1.71. The second-order valence-corrected chi connectivity index (χ2v) is 8.59. The first kappa shape index (κ1) is 20.7. The molecule has 1 aliphatic heterocycles. The predicted molar refractivity (Wildman–Crippen MR) is 117 cm³/mol. The summed E-state index contributed by atoms with van der Waals surface area (Å²) in [6.07, 6.45) is 0. The number of urea groups is 1. The lowest BCUT2D eigenvalue weighted by Gasteiger charge is -2.22. The minimum Gasteiger partial charge on any atom is -0.496 e. The van der Waals surface area contributed by atoms with Crippen LogP contribution in [-0.4, -0.2) is 28.9 Å². The molecule has 9 heteroatoms. The van der Waals surface area contributed by atoms with E-state index in [2.05, 4.69) is 10.3 Å². The first-order chi connectivity index (χ1) is 14.3. The maximum absolute atomic E-state index is 13.1. The highest BCUT2D eigenvalue weighted by Crippen LogP contribution is 2.35. The van der Waals surface area contributed by atoms with Gasteiger partial charge in [-0.1, -0.05) is 41.4 Å². The Morgan fingerprint density at radius 3 is 2.67 bits per heavy atom. The van der Waals surface area contributed by atoms with Gasteiger partial charge in [-0.25, -0.2) is 9.78 Å². The molecule has 0 saturated carbocycles. The molecule has 0 aliphatic carbocycles. The van der Waals surface area contributed by atoms with Crippen LogP contribution in [0.5, 0.6) is 5.75 Å². The van der Waals surface area contributed by atoms with Crippen molar-refractivity contribution >= 4 is 46.5 Å². The highest BCUT2D eigenvalue weighted by molar-refractivity contribution is 7.13. The Morgan fingerprint density at radius 2 is 1.93 bits per heavy atom. The van der Waals surface area contributed by atoms with E-state index in [1.807, 2.05) is 29.6 Å². The number of imide groups is 1. The van der Waals surface area contributed by atoms with Gasteiger partial charge in [0, 0.05) is 5.38 Å². The lowest BCUT2D eigenvalue weighted by atomic mass is 9.92. The van der Waals surface area contributed by atoms with Crippen molar-refractivity contribution in [2.75, 3.05) is 7.11 Å². The van der Waals surface area contributed by atoms with Gasteiger partial charge in [-0.15, -0.1) is 11.3 Å². The van der Waals surface area contributed by atoms with Crippen molar-refractivity contribution in [2.24, 2.45) is 0 Å². The molecule has 2 heterocycles. The minimum absolute atomic E-state index is 0.0627. The Bertz CT molecular complexity index is 1150. The van der Waals surface area contributed by atoms with Gasteiger partial charge in [0.2, 0.25) is 0 Å². The fraction of sp³-hybridized carbons (Fsp3) is 0.190. The van der Waals surface area contributed by atoms with E-state index >= 15 is 0 Å². The van der Waals surface area contributed by atoms with Crippen molar-refractivity contribution in [3.05, 3.63) is 69.1 Å². The third-order valence-corrected chi connectivity index (χ3v) is 6.64. The van der Waals surface area contributed by atoms with Gasteiger partial charge in [-0.2, -0.15) is 0 Å². The molecule has 1 aromatic heterocycles. The zero-order chi connectivity index (χ0) is 21.5. The summed E-state index contributed by atoms with van der Waals surface area (Å²) in [6, 6.07) is 11.9. The Balaban J connectivity index is 1.59. The van der Waals surface area contributed by atoms with Crippen molar-refractivity contribution in [3.63, 3.8) is 0 Å². The van der Waals surface area contributed by atoms with Crippen LogP contribution in [0.25, 0.3) is 10.6 Å². The summed E-state index contributed by atoms with van der Waals surface area (Å²) in [5.41, 5.74) is 0.801. The highest BCUT2D eigenvalue weighted by atomic mass is 35.5. The predicted octanol–water partition coefficient (Wildman–Crippen LogP) is 5.09. The Morgan fingerprint density at radius 1 is 1.17 bits per heavy atom. The van der Waals surface area contributed by atoms with Crippen LogP contribution in [0.15, 0.2) is 47.8 Å². The zero-order valence-corrected chi connectivity index (χ0v) is 18.4. The number of hydrogen-bond donors (Lipinski definition) is 1. The summed E-state index contributed by atoms with van der Waals surface area (Å²) in [7, 11) is 1.60. The van der Waals surface area contributed by atoms with E-state index in [0.717, 1.165) is 15.5 Å². The van der Waals surface area contributed by atoms with Gasteiger partial charge in [0.1, 0.15) is 16.3 Å². The average molecular weight is 462 g/mol. The third-order valence-electron chi connectivity index (χ3n) is 4.98. The van der Waals surface area contributed by atoms with Gasteiger partial charge < -0.3 is 10.1 Å². The molecule has 30 heavy (non-hydrogen) atoms. The van der Waals surface area contributed by atoms with E-state index in [0.29, 0.717) is 27.1 Å². The second-order valence-electron chi connectivity index (χ2n) is 6.92. The van der Waals surface area contributed by atoms with Crippen molar-refractivity contribution < 1.29 is 14.3 Å². The van der Waals surface area contributed by atoms with Gasteiger partial charge in [-0.05, 0) is 36.8 Å². The maximum Gasteiger partial charge on any atom is 0.325 e. The number of hydrogen-bond acceptors (Lipinski definition) is 5. The molecule has 3 amide bonds. The molecule has 0 spiro atoms. The molecule has 0 bridgehead atoms. The van der Waals surface area contributed by atoms with Crippen LogP contribution in [-0.2, 0) is 16.9 Å². The number of carbonyl (C=O) groups excluding carboxylic acids is 2. The standard InChI is InChI=1S/C21H17Cl2N3O3S/c1-21(12-7-8-15(22)16(23)9-12)19(27)26(20(28)25-21)10-13-11-30-18(24-13)14-5-3-4-6-17(14)29-2/h3-9,11H,10H2,1-2H3,(H,25,28). The molecular formula is C21H17Cl2N3O3S. The number of ether oxygens (including phenoxy) is 1. The lowest BCUT2D eigenvalue weighted by molar-refractivity contribution is -0.131. The number of para-hydroxylation sites is 1. The molecule has 1 fully saturated rings. The molecule has 154 valence electrons. The van der Waals surface area contributed by atoms with Crippen molar-refractivity contribution in [1.82, 2.24) is 15.2 Å². The number of amides is 3. The number of carbonyl (C=O) groups is 2. The second kappa shape index (κ2) is 7.91. The summed E-state index contributed by atoms with van der Waals surface area (Å²) < 4.78 is 5.39. The van der Waals surface area contributed by atoms with Gasteiger partial charge in [0.15, 0.2) is 0 Å². The number of halogens is 2. The van der Waals surface area contributed by atoms with E-state index in [1.54, 1.807) is 32.2 Å². The van der Waals surface area contributed by atoms with Gasteiger partial charge >= 0.3 is 6.03 Å². The molecule has 1 N–H and O–H groups in total. The first-order valence-electron chi connectivity index (χ1n) is 9.01. The highest BCUT2D eigenvalue weighted by Gasteiger charge is 2.49. The average Bonchev–Trinajstić information content (AvgIpc) is 3.29. The van der Waals surface area contributed by atoms with Crippen LogP contribution < -0.4 is 10.1 Å². The number of thiazole rings is 1. The normalized spacial score (nSPS) is 18.6. The fourth-order valence-corrected chi connectivity index (χ4v) is 4.47. The molecular weight excluding hydrogens is 445 g/mol. The Labute approximate surface area is 187 Å². The minimum atomic E-state index is -1.23. The van der Waals surface area contributed by atoms with E-state index in [9.17, 15) is 9.59 Å². The summed E-state index contributed by atoms with van der Waals surface area (Å²) in [4.78, 5) is 31.5. The summed E-state index contributed by atoms with van der Waals surface area (Å²) in [5.74, 6) is 0.332. The monoisotopic (exact) mass is 461 g/mol. The first-order valence-corrected chi connectivity index (χ1v) is 10.6. The van der Waals surface area contributed by atoms with Gasteiger partial charge in [0.25, 0.3) is 5.91 Å². The molecule has 2 aromatic carbocycles. The molecule has 1 atom stereocenters. The van der Waals surface area contributed by atoms with Crippen LogP contribution in [0.4, 0.5) is 4.79 Å². The van der Waals surface area contributed by atoms with Crippen LogP contribution >= 0.6 is 34.5 Å². The summed E-state index contributed by atoms with van der Waals surface area (Å²) >= 11 is 13.5. The smallest absolute Gasteiger partial charge is 0.325 e. The number of rotatable bonds is 5. The van der Waals surface area contributed by atoms with Crippen LogP contribution in [0, 0.1) is 0 Å². The Hall–Kier alpha value is -2.61. The molecule has 0 radical (unpaired) electrons. The van der Waals surface area contributed by atoms with E-state index in [1.165, 1.54) is 11.3 Å². The molecule has 6 nitrogen and oxygen atoms in total. The topological polar surface area (TPSA) is 71.5 Å². The molecule has 4 rings (SSSR count). The lowest BCUT2D eigenvalue weighted by Crippen LogP contribution is -2.40. The molecule has 1 aliphatic rings. The number of methoxy groups -OCH3 is 1. The third kappa shape index (κ3) is 3.53. The van der Waals surface area contributed by atoms with Crippen molar-refractivity contribution in [1.29, 1.82) is 0 Å². The van der Waals surface area contributed by atoms with E-state index in [-0.39, 0.29) is 12.5 Å². The van der Waals surface area contributed by atoms with E-state index in [4.69, 9.17) is 27.9 Å². The zero-order valence-electron chi connectivity index (χ0n) is 16.1. The van der Waals surface area contributed by atoms with Crippen molar-refractivity contribution in [2.45, 2.75) is 19.0 Å². The number of nitrogens with one attached hydrogen (secondary N) is 1. The quantitative estimate of drug-likeness (QED) is 0.536. The van der Waals surface area contributed by atoms with E-state index < -0.39 is 11.6 Å². The molecule has 1 saturated heterocycles. The SMILES string of the molecule is COc1ccccc1-c1nc(CN2C(=O)NC(C)(c3ccc(Cl)c(Cl)c3)C2=O)cs1. The molecule has 1 unspecified atom stereocenters. The number of aromatic nitrogens is 1. The summed E-state index contributed by atoms with van der Waals surface area (Å²) in [5, 5.41) is 6.04. The number of benzene rings is 2. The van der Waals surface area contributed by atoms with Crippen molar-refractivity contribution in [3.8, 4) is 16.3 Å². The van der Waals surface area contributed by atoms with Crippen LogP contribution in [0.1, 0.15) is 18.2 Å². The van der Waals surface area contributed by atoms with Gasteiger partial charge in [-0.3, -0.25) is 9.69 Å². The van der Waals surface area contributed by atoms with Crippen LogP contribution in [0.3, 0.4) is 0 Å². The van der Waals surface area contributed by atoms with Crippen LogP contribution in [0.2, 0.25) is 10.0 Å². The Kier molecular flexibility index (Phi) is 5.44. The maximum atomic E-state index is 13.1. The number of nitrogens with zero attached hydrogens (tertiary/aromatic N) is 2. The fourth-order valence-electron chi connectivity index (χ4n) is 3.33. The largest absolute Gasteiger partial charge is 0.496 e.